The molecule has 2 N–H and O–H groups in total. The molecule has 0 aliphatic heterocycles. The summed E-state index contributed by atoms with van der Waals surface area (Å²) in [6.07, 6.45) is -0.293. The molecular weight excluding hydrogens is 111 g/mol. The second-order valence-electron chi connectivity index (χ2n) is 2.31. The first-order valence-corrected chi connectivity index (χ1v) is 2.69. The van der Waals surface area contributed by atoms with Crippen molar-refractivity contribution in [3.8, 4) is 0 Å². The third-order valence-electron chi connectivity index (χ3n) is 1.41. The van der Waals surface area contributed by atoms with Crippen LogP contribution in [0.15, 0.2) is 0 Å². The summed E-state index contributed by atoms with van der Waals surface area (Å²) in [5.74, 6) is -2.08. The molecule has 1 fully saturated rings. The van der Waals surface area contributed by atoms with Gasteiger partial charge in [0.05, 0.1) is 6.10 Å². The van der Waals surface area contributed by atoms with Gasteiger partial charge < -0.3 is 10.2 Å². The average Bonchev–Trinajstić information content (AvgIpc) is 1.82. The molecule has 8 heavy (non-hydrogen) atoms. The molecule has 1 aliphatic rings. The van der Waals surface area contributed by atoms with Crippen LogP contribution in [-0.4, -0.2) is 22.2 Å². The summed E-state index contributed by atoms with van der Waals surface area (Å²) in [5.41, 5.74) is 0. The Bertz CT molecular complexity index is 92.4. The molecule has 0 aromatic rings. The van der Waals surface area contributed by atoms with Gasteiger partial charge in [0.2, 0.25) is 5.85 Å². The van der Waals surface area contributed by atoms with Gasteiger partial charge in [0, 0.05) is 12.8 Å². The molecule has 0 heterocycles. The van der Waals surface area contributed by atoms with Crippen molar-refractivity contribution >= 4 is 0 Å². The topological polar surface area (TPSA) is 40.5 Å². The zero-order valence-corrected chi connectivity index (χ0v) is 4.47. The number of alkyl halides is 1. The van der Waals surface area contributed by atoms with E-state index < -0.39 is 12.0 Å². The number of aliphatic hydroxyl groups is 2. The molecule has 0 spiro atoms. The number of hydrogen-bond acceptors (Lipinski definition) is 2. The van der Waals surface area contributed by atoms with Gasteiger partial charge in [-0.25, -0.2) is 4.39 Å². The third-order valence-corrected chi connectivity index (χ3v) is 1.41. The maximum Gasteiger partial charge on any atom is 0.209 e. The van der Waals surface area contributed by atoms with Gasteiger partial charge in [0.25, 0.3) is 0 Å². The molecule has 2 atom stereocenters. The van der Waals surface area contributed by atoms with Crippen LogP contribution >= 0.6 is 0 Å². The molecule has 0 saturated heterocycles. The van der Waals surface area contributed by atoms with Crippen molar-refractivity contribution < 1.29 is 14.6 Å². The van der Waals surface area contributed by atoms with Crippen LogP contribution in [0.2, 0.25) is 0 Å². The summed E-state index contributed by atoms with van der Waals surface area (Å²) >= 11 is 0. The van der Waals surface area contributed by atoms with Crippen molar-refractivity contribution in [1.82, 2.24) is 0 Å². The van der Waals surface area contributed by atoms with Gasteiger partial charge in [-0.1, -0.05) is 0 Å². The Morgan fingerprint density at radius 2 is 2.25 bits per heavy atom. The zero-order chi connectivity index (χ0) is 6.20. The SMILES string of the molecule is OC1CCC(O)(F)C1. The standard InChI is InChI=1S/C5H9FO2/c6-5(8)2-1-4(7)3-5/h4,7-8H,1-3H2. The van der Waals surface area contributed by atoms with Crippen LogP contribution in [0.4, 0.5) is 4.39 Å². The molecule has 2 nitrogen and oxygen atoms in total. The minimum Gasteiger partial charge on any atom is -0.393 e. The largest absolute Gasteiger partial charge is 0.393 e. The van der Waals surface area contributed by atoms with E-state index in [2.05, 4.69) is 0 Å². The fraction of sp³-hybridized carbons (Fsp3) is 1.00. The molecule has 0 amide bonds. The van der Waals surface area contributed by atoms with E-state index in [0.717, 1.165) is 0 Å². The first-order valence-electron chi connectivity index (χ1n) is 2.69. The Morgan fingerprint density at radius 3 is 2.38 bits per heavy atom. The van der Waals surface area contributed by atoms with Gasteiger partial charge in [-0.2, -0.15) is 0 Å². The van der Waals surface area contributed by atoms with Gasteiger partial charge in [0.1, 0.15) is 0 Å². The number of hydrogen-bond donors (Lipinski definition) is 2. The Kier molecular flexibility index (Phi) is 1.25. The summed E-state index contributed by atoms with van der Waals surface area (Å²) in [7, 11) is 0. The lowest BCUT2D eigenvalue weighted by atomic mass is 10.3. The van der Waals surface area contributed by atoms with Gasteiger partial charge in [0.15, 0.2) is 0 Å². The van der Waals surface area contributed by atoms with E-state index in [-0.39, 0.29) is 12.8 Å². The van der Waals surface area contributed by atoms with Gasteiger partial charge in [-0.05, 0) is 6.42 Å². The second kappa shape index (κ2) is 1.67. The monoisotopic (exact) mass is 120 g/mol. The highest BCUT2D eigenvalue weighted by Crippen LogP contribution is 2.30. The summed E-state index contributed by atoms with van der Waals surface area (Å²) in [4.78, 5) is 0. The quantitative estimate of drug-likeness (QED) is 0.479. The highest BCUT2D eigenvalue weighted by molar-refractivity contribution is 4.79. The summed E-state index contributed by atoms with van der Waals surface area (Å²) in [6, 6.07) is 0. The van der Waals surface area contributed by atoms with Gasteiger partial charge in [-0.15, -0.1) is 0 Å². The molecule has 2 unspecified atom stereocenters. The Labute approximate surface area is 46.9 Å². The van der Waals surface area contributed by atoms with Crippen molar-refractivity contribution in [2.75, 3.05) is 0 Å². The van der Waals surface area contributed by atoms with Crippen LogP contribution in [0.5, 0.6) is 0 Å². The first-order chi connectivity index (χ1) is 3.60. The van der Waals surface area contributed by atoms with Crippen molar-refractivity contribution in [3.63, 3.8) is 0 Å². The molecule has 48 valence electrons. The number of aliphatic hydroxyl groups excluding tert-OH is 1. The zero-order valence-electron chi connectivity index (χ0n) is 4.47. The lowest BCUT2D eigenvalue weighted by Crippen LogP contribution is -2.17. The summed E-state index contributed by atoms with van der Waals surface area (Å²) < 4.78 is 12.3. The first kappa shape index (κ1) is 5.98. The maximum absolute atomic E-state index is 12.3. The fourth-order valence-electron chi connectivity index (χ4n) is 0.953. The van der Waals surface area contributed by atoms with Crippen LogP contribution < -0.4 is 0 Å². The summed E-state index contributed by atoms with van der Waals surface area (Å²) in [5, 5.41) is 17.2. The molecule has 0 bridgehead atoms. The molecule has 3 heteroatoms. The highest BCUT2D eigenvalue weighted by atomic mass is 19.2. The van der Waals surface area contributed by atoms with E-state index in [1.807, 2.05) is 0 Å². The van der Waals surface area contributed by atoms with E-state index >= 15 is 0 Å². The predicted molar refractivity (Wildman–Crippen MR) is 25.9 cm³/mol. The van der Waals surface area contributed by atoms with Crippen LogP contribution in [0.3, 0.4) is 0 Å². The van der Waals surface area contributed by atoms with Crippen LogP contribution in [0.25, 0.3) is 0 Å². The van der Waals surface area contributed by atoms with Crippen LogP contribution in [-0.2, 0) is 0 Å². The van der Waals surface area contributed by atoms with Crippen LogP contribution in [0, 0.1) is 0 Å². The van der Waals surface area contributed by atoms with E-state index in [4.69, 9.17) is 10.2 Å². The lowest BCUT2D eigenvalue weighted by Gasteiger charge is -2.08. The number of halogens is 1. The van der Waals surface area contributed by atoms with Crippen molar-refractivity contribution in [1.29, 1.82) is 0 Å². The van der Waals surface area contributed by atoms with Crippen molar-refractivity contribution in [2.45, 2.75) is 31.2 Å². The van der Waals surface area contributed by atoms with Gasteiger partial charge in [-0.3, -0.25) is 0 Å². The average molecular weight is 120 g/mol. The molecule has 0 aromatic carbocycles. The highest BCUT2D eigenvalue weighted by Gasteiger charge is 2.35. The van der Waals surface area contributed by atoms with Crippen molar-refractivity contribution in [3.05, 3.63) is 0 Å². The normalized spacial score (nSPS) is 47.6. The second-order valence-corrected chi connectivity index (χ2v) is 2.31. The third kappa shape index (κ3) is 1.17. The number of rotatable bonds is 0. The minimum atomic E-state index is -2.08. The van der Waals surface area contributed by atoms with E-state index in [1.54, 1.807) is 0 Å². The molecule has 1 saturated carbocycles. The lowest BCUT2D eigenvalue weighted by molar-refractivity contribution is -0.0874. The predicted octanol–water partition coefficient (Wildman–Crippen LogP) is 0.189. The van der Waals surface area contributed by atoms with Crippen molar-refractivity contribution in [2.24, 2.45) is 0 Å². The van der Waals surface area contributed by atoms with E-state index in [1.165, 1.54) is 0 Å². The molecular formula is C5H9FO2. The van der Waals surface area contributed by atoms with Gasteiger partial charge >= 0.3 is 0 Å². The summed E-state index contributed by atoms with van der Waals surface area (Å²) in [6.45, 7) is 0. The van der Waals surface area contributed by atoms with Crippen LogP contribution in [0.1, 0.15) is 19.3 Å². The maximum atomic E-state index is 12.3. The van der Waals surface area contributed by atoms with E-state index in [0.29, 0.717) is 6.42 Å². The Balaban J connectivity index is 2.44. The minimum absolute atomic E-state index is 0.0775. The smallest absolute Gasteiger partial charge is 0.209 e. The molecule has 0 radical (unpaired) electrons. The Morgan fingerprint density at radius 1 is 1.62 bits per heavy atom. The Hall–Kier alpha value is -0.150. The molecule has 1 aliphatic carbocycles. The molecule has 1 rings (SSSR count). The molecule has 0 aromatic heterocycles. The van der Waals surface area contributed by atoms with E-state index in [9.17, 15) is 4.39 Å². The fourth-order valence-corrected chi connectivity index (χ4v) is 0.953.